The Bertz CT molecular complexity index is 1250. The molecule has 48 heavy (non-hydrogen) atoms. The lowest BCUT2D eigenvalue weighted by Gasteiger charge is -2.14. The van der Waals surface area contributed by atoms with E-state index in [1.165, 1.54) is 61.7 Å². The van der Waals surface area contributed by atoms with E-state index in [1.54, 1.807) is 0 Å². The first-order valence-electron chi connectivity index (χ1n) is 18.1. The van der Waals surface area contributed by atoms with Crippen molar-refractivity contribution in [2.45, 2.75) is 142 Å². The zero-order valence-corrected chi connectivity index (χ0v) is 32.8. The molecule has 2 aromatic carbocycles. The molecular weight excluding hydrogens is 609 g/mol. The predicted molar refractivity (Wildman–Crippen MR) is 221 cm³/mol. The van der Waals surface area contributed by atoms with E-state index in [-0.39, 0.29) is 0 Å². The number of hydrogen-bond donors (Lipinski definition) is 0. The quantitative estimate of drug-likeness (QED) is 0.0893. The van der Waals surface area contributed by atoms with Crippen molar-refractivity contribution in [1.82, 2.24) is 0 Å². The zero-order valence-electron chi connectivity index (χ0n) is 30.8. The molecule has 0 aliphatic rings. The molecule has 0 fully saturated rings. The molecule has 0 heterocycles. The SMILES string of the molecule is C#CCCCCCCC#C.C#CCCCCCCC#C[Si](C)(C)c1ccccc1.C#CCCCCCCC#C[Si](C)(C)c1ccccc1. The van der Waals surface area contributed by atoms with Crippen LogP contribution in [0, 0.1) is 72.3 Å². The molecule has 0 unspecified atom stereocenters. The van der Waals surface area contributed by atoms with Gasteiger partial charge in [0.2, 0.25) is 0 Å². The van der Waals surface area contributed by atoms with Crippen LogP contribution in [0.15, 0.2) is 60.7 Å². The summed E-state index contributed by atoms with van der Waals surface area (Å²) >= 11 is 0. The number of benzene rings is 2. The third kappa shape index (κ3) is 25.3. The summed E-state index contributed by atoms with van der Waals surface area (Å²) in [5.41, 5.74) is 7.07. The molecule has 2 rings (SSSR count). The fraction of sp³-hybridized carbons (Fsp3) is 0.478. The van der Waals surface area contributed by atoms with Crippen LogP contribution in [0.2, 0.25) is 26.2 Å². The van der Waals surface area contributed by atoms with E-state index in [9.17, 15) is 0 Å². The highest BCUT2D eigenvalue weighted by molar-refractivity contribution is 6.96. The molecule has 0 nitrogen and oxygen atoms in total. The Morgan fingerprint density at radius 2 is 0.625 bits per heavy atom. The zero-order chi connectivity index (χ0) is 35.6. The van der Waals surface area contributed by atoms with Gasteiger partial charge in [0, 0.05) is 38.5 Å². The lowest BCUT2D eigenvalue weighted by Crippen LogP contribution is -2.39. The molecular formula is C46H62Si2. The van der Waals surface area contributed by atoms with Gasteiger partial charge >= 0.3 is 0 Å². The van der Waals surface area contributed by atoms with Crippen LogP contribution >= 0.6 is 0 Å². The maximum Gasteiger partial charge on any atom is 0.162 e. The van der Waals surface area contributed by atoms with Crippen LogP contribution < -0.4 is 10.4 Å². The van der Waals surface area contributed by atoms with Crippen molar-refractivity contribution in [3.05, 3.63) is 60.7 Å². The molecule has 0 aromatic heterocycles. The monoisotopic (exact) mass is 670 g/mol. The molecule has 0 bridgehead atoms. The summed E-state index contributed by atoms with van der Waals surface area (Å²) in [6.45, 7) is 9.29. The highest BCUT2D eigenvalue weighted by atomic mass is 28.3. The van der Waals surface area contributed by atoms with Gasteiger partial charge < -0.3 is 0 Å². The Morgan fingerprint density at radius 1 is 0.375 bits per heavy atom. The van der Waals surface area contributed by atoms with Crippen LogP contribution in [0.25, 0.3) is 0 Å². The Kier molecular flexibility index (Phi) is 28.2. The van der Waals surface area contributed by atoms with Gasteiger partial charge in [-0.05, 0) is 48.9 Å². The van der Waals surface area contributed by atoms with E-state index < -0.39 is 16.1 Å². The van der Waals surface area contributed by atoms with Crippen LogP contribution in [-0.4, -0.2) is 16.1 Å². The van der Waals surface area contributed by atoms with E-state index in [1.807, 2.05) is 0 Å². The maximum atomic E-state index is 5.23. The second-order valence-electron chi connectivity index (χ2n) is 13.1. The molecule has 254 valence electrons. The minimum absolute atomic E-state index is 0.913. The fourth-order valence-electron chi connectivity index (χ4n) is 4.82. The Labute approximate surface area is 300 Å². The molecule has 0 amide bonds. The van der Waals surface area contributed by atoms with Crippen LogP contribution in [0.3, 0.4) is 0 Å². The van der Waals surface area contributed by atoms with E-state index in [0.717, 1.165) is 64.2 Å². The number of unbranched alkanes of at least 4 members (excludes halogenated alkanes) is 15. The number of terminal acetylenes is 4. The van der Waals surface area contributed by atoms with Crippen molar-refractivity contribution in [3.63, 3.8) is 0 Å². The van der Waals surface area contributed by atoms with Gasteiger partial charge in [0.1, 0.15) is 0 Å². The smallest absolute Gasteiger partial charge is 0.126 e. The van der Waals surface area contributed by atoms with Crippen molar-refractivity contribution in [1.29, 1.82) is 0 Å². The van der Waals surface area contributed by atoms with Crippen molar-refractivity contribution in [2.24, 2.45) is 0 Å². The second-order valence-corrected chi connectivity index (χ2v) is 21.3. The molecule has 0 N–H and O–H groups in total. The maximum absolute atomic E-state index is 5.23. The summed E-state index contributed by atoms with van der Waals surface area (Å²) in [6, 6.07) is 21.4. The molecule has 0 atom stereocenters. The largest absolute Gasteiger partial charge is 0.162 e. The summed E-state index contributed by atoms with van der Waals surface area (Å²) in [4.78, 5) is 0. The lowest BCUT2D eigenvalue weighted by molar-refractivity contribution is 0.661. The van der Waals surface area contributed by atoms with Crippen molar-refractivity contribution in [2.75, 3.05) is 0 Å². The minimum Gasteiger partial charge on any atom is -0.126 e. The summed E-state index contributed by atoms with van der Waals surface area (Å²) < 4.78 is 0. The Balaban J connectivity index is 0.000000727. The Morgan fingerprint density at radius 3 is 0.875 bits per heavy atom. The van der Waals surface area contributed by atoms with Crippen molar-refractivity contribution >= 4 is 26.5 Å². The second kappa shape index (κ2) is 30.6. The van der Waals surface area contributed by atoms with Crippen LogP contribution in [0.5, 0.6) is 0 Å². The fourth-order valence-corrected chi connectivity index (χ4v) is 8.29. The normalized spacial score (nSPS) is 9.92. The summed E-state index contributed by atoms with van der Waals surface area (Å²) in [7, 11) is -3.10. The molecule has 0 aliphatic carbocycles. The van der Waals surface area contributed by atoms with Gasteiger partial charge in [0.15, 0.2) is 16.1 Å². The lowest BCUT2D eigenvalue weighted by atomic mass is 10.1. The molecule has 0 saturated heterocycles. The van der Waals surface area contributed by atoms with Crippen molar-refractivity contribution in [3.8, 4) is 72.3 Å². The van der Waals surface area contributed by atoms with Gasteiger partial charge in [0.05, 0.1) is 0 Å². The van der Waals surface area contributed by atoms with Crippen molar-refractivity contribution < 1.29 is 0 Å². The first-order chi connectivity index (χ1) is 23.2. The molecule has 2 aromatic rings. The summed E-state index contributed by atoms with van der Waals surface area (Å²) in [6.07, 6.45) is 40.8. The van der Waals surface area contributed by atoms with Gasteiger partial charge in [0.25, 0.3) is 0 Å². The number of rotatable bonds is 17. The Hall–Kier alpha value is -3.77. The van der Waals surface area contributed by atoms with Gasteiger partial charge in [-0.2, -0.15) is 0 Å². The third-order valence-corrected chi connectivity index (χ3v) is 13.1. The summed E-state index contributed by atoms with van der Waals surface area (Å²) in [5, 5.41) is 2.85. The first-order valence-corrected chi connectivity index (χ1v) is 24.1. The summed E-state index contributed by atoms with van der Waals surface area (Å²) in [5.74, 6) is 17.4. The van der Waals surface area contributed by atoms with Crippen LogP contribution in [0.4, 0.5) is 0 Å². The highest BCUT2D eigenvalue weighted by Crippen LogP contribution is 2.07. The molecule has 2 heteroatoms. The first kappa shape index (κ1) is 44.2. The highest BCUT2D eigenvalue weighted by Gasteiger charge is 2.20. The standard InChI is InChI=1S/2C18H24Si.C10H14/c2*1-4-5-6-7-8-9-10-14-17-19(2,3)18-15-12-11-13-16-18;1-3-5-7-9-10-8-6-4-2/h2*1,11-13,15-16H,5-10H2,2-3H3;1-2H,5-10H2. The third-order valence-electron chi connectivity index (χ3n) is 7.93. The van der Waals surface area contributed by atoms with Gasteiger partial charge in [-0.25, -0.2) is 0 Å². The minimum atomic E-state index is -1.55. The average molecular weight is 671 g/mol. The number of hydrogen-bond acceptors (Lipinski definition) is 0. The van der Waals surface area contributed by atoms with E-state index in [4.69, 9.17) is 25.7 Å². The van der Waals surface area contributed by atoms with E-state index in [0.29, 0.717) is 0 Å². The predicted octanol–water partition coefficient (Wildman–Crippen LogP) is 10.8. The van der Waals surface area contributed by atoms with Crippen LogP contribution in [0.1, 0.15) is 116 Å². The molecule has 0 radical (unpaired) electrons. The van der Waals surface area contributed by atoms with E-state index in [2.05, 4.69) is 133 Å². The average Bonchev–Trinajstić information content (AvgIpc) is 3.10. The molecule has 0 saturated carbocycles. The topological polar surface area (TPSA) is 0 Å². The van der Waals surface area contributed by atoms with Crippen LogP contribution in [-0.2, 0) is 0 Å². The van der Waals surface area contributed by atoms with E-state index >= 15 is 0 Å². The van der Waals surface area contributed by atoms with Gasteiger partial charge in [-0.15, -0.1) is 72.3 Å². The molecule has 0 spiro atoms. The van der Waals surface area contributed by atoms with Gasteiger partial charge in [-0.3, -0.25) is 0 Å². The molecule has 0 aliphatic heterocycles. The van der Waals surface area contributed by atoms with Gasteiger partial charge in [-0.1, -0.05) is 125 Å².